The van der Waals surface area contributed by atoms with E-state index in [1.165, 1.54) is 0 Å². The van der Waals surface area contributed by atoms with Crippen molar-refractivity contribution in [1.29, 1.82) is 0 Å². The molecule has 0 atom stereocenters. The van der Waals surface area contributed by atoms with E-state index in [4.69, 9.17) is 0 Å². The molecule has 17 heavy (non-hydrogen) atoms. The fraction of sp³-hybridized carbons (Fsp3) is 0.0769. The highest BCUT2D eigenvalue weighted by Gasteiger charge is 2.03. The second-order valence-corrected chi connectivity index (χ2v) is 4.73. The molecule has 0 amide bonds. The third-order valence-electron chi connectivity index (χ3n) is 2.71. The largest absolute Gasteiger partial charge is 0.294 e. The van der Waals surface area contributed by atoms with Crippen LogP contribution in [-0.2, 0) is 0 Å². The number of pyridine rings is 2. The zero-order chi connectivity index (χ0) is 11.8. The number of halogens is 1. The number of nitrogens with zero attached hydrogens (tertiary/aromatic N) is 3. The number of imidazole rings is 1. The number of aromatic nitrogens is 3. The van der Waals surface area contributed by atoms with Gasteiger partial charge in [0.15, 0.2) is 0 Å². The topological polar surface area (TPSA) is 30.2 Å². The van der Waals surface area contributed by atoms with Gasteiger partial charge in [-0.15, -0.1) is 0 Å². The number of hydrogen-bond donors (Lipinski definition) is 0. The van der Waals surface area contributed by atoms with Gasteiger partial charge in [-0.1, -0.05) is 6.07 Å². The summed E-state index contributed by atoms with van der Waals surface area (Å²) in [6, 6.07) is 8.15. The number of hydrogen-bond acceptors (Lipinski definition) is 2. The molecular weight excluding hydrogens is 278 g/mol. The highest BCUT2D eigenvalue weighted by atomic mass is 79.9. The minimum absolute atomic E-state index is 0.931. The van der Waals surface area contributed by atoms with E-state index in [1.807, 2.05) is 29.7 Å². The Morgan fingerprint density at radius 1 is 1.00 bits per heavy atom. The first kappa shape index (κ1) is 10.5. The average Bonchev–Trinajstić information content (AvgIpc) is 2.72. The fourth-order valence-corrected chi connectivity index (χ4v) is 2.15. The first-order chi connectivity index (χ1) is 8.24. The van der Waals surface area contributed by atoms with Crippen LogP contribution in [-0.4, -0.2) is 14.4 Å². The molecule has 0 aliphatic heterocycles. The summed E-state index contributed by atoms with van der Waals surface area (Å²) in [4.78, 5) is 8.58. The predicted octanol–water partition coefficient (Wildman–Crippen LogP) is 3.47. The van der Waals surface area contributed by atoms with Gasteiger partial charge < -0.3 is 0 Å². The molecule has 84 valence electrons. The summed E-state index contributed by atoms with van der Waals surface area (Å²) in [5.74, 6) is 0. The monoisotopic (exact) mass is 287 g/mol. The fourth-order valence-electron chi connectivity index (χ4n) is 1.76. The van der Waals surface area contributed by atoms with Crippen LogP contribution in [0.5, 0.6) is 0 Å². The van der Waals surface area contributed by atoms with Gasteiger partial charge in [0.2, 0.25) is 0 Å². The Morgan fingerprint density at radius 2 is 1.82 bits per heavy atom. The standard InChI is InChI=1S/C13H10BrN3/c1-9-2-3-10(6-15-9)11-4-5-13-16-7-12(14)17(13)8-11/h2-8H,1H3. The molecule has 0 unspecified atom stereocenters. The van der Waals surface area contributed by atoms with Crippen LogP contribution in [0.2, 0.25) is 0 Å². The van der Waals surface area contributed by atoms with Gasteiger partial charge in [-0.25, -0.2) is 4.98 Å². The van der Waals surface area contributed by atoms with E-state index in [-0.39, 0.29) is 0 Å². The van der Waals surface area contributed by atoms with Gasteiger partial charge in [0, 0.05) is 29.2 Å². The summed E-state index contributed by atoms with van der Waals surface area (Å²) in [6.45, 7) is 1.99. The number of fused-ring (bicyclic) bond motifs is 1. The molecule has 3 aromatic heterocycles. The molecule has 0 N–H and O–H groups in total. The summed E-state index contributed by atoms with van der Waals surface area (Å²) in [5.41, 5.74) is 4.20. The number of rotatable bonds is 1. The van der Waals surface area contributed by atoms with Crippen LogP contribution in [0.15, 0.2) is 47.5 Å². The summed E-state index contributed by atoms with van der Waals surface area (Å²) in [6.07, 6.45) is 5.74. The van der Waals surface area contributed by atoms with Gasteiger partial charge >= 0.3 is 0 Å². The third kappa shape index (κ3) is 1.85. The van der Waals surface area contributed by atoms with Crippen LogP contribution in [0.3, 0.4) is 0 Å². The molecule has 3 heterocycles. The lowest BCUT2D eigenvalue weighted by Gasteiger charge is -2.03. The van der Waals surface area contributed by atoms with Crippen molar-refractivity contribution in [3.63, 3.8) is 0 Å². The molecule has 3 nitrogen and oxygen atoms in total. The average molecular weight is 288 g/mol. The van der Waals surface area contributed by atoms with Gasteiger partial charge in [-0.2, -0.15) is 0 Å². The van der Waals surface area contributed by atoms with Crippen molar-refractivity contribution < 1.29 is 0 Å². The zero-order valence-corrected chi connectivity index (χ0v) is 10.8. The number of aryl methyl sites for hydroxylation is 1. The highest BCUT2D eigenvalue weighted by molar-refractivity contribution is 9.10. The van der Waals surface area contributed by atoms with E-state index >= 15 is 0 Å². The summed E-state index contributed by atoms with van der Waals surface area (Å²) >= 11 is 3.47. The Labute approximate surface area is 107 Å². The molecule has 0 aliphatic rings. The molecular formula is C13H10BrN3. The van der Waals surface area contributed by atoms with E-state index in [1.54, 1.807) is 6.20 Å². The Balaban J connectivity index is 2.17. The quantitative estimate of drug-likeness (QED) is 0.686. The molecule has 4 heteroatoms. The first-order valence-electron chi connectivity index (χ1n) is 5.30. The van der Waals surface area contributed by atoms with Crippen molar-refractivity contribution in [2.45, 2.75) is 6.92 Å². The predicted molar refractivity (Wildman–Crippen MR) is 70.9 cm³/mol. The van der Waals surface area contributed by atoms with Crippen LogP contribution >= 0.6 is 15.9 Å². The molecule has 0 saturated carbocycles. The Bertz CT molecular complexity index is 671. The second-order valence-electron chi connectivity index (χ2n) is 3.92. The Hall–Kier alpha value is -1.68. The van der Waals surface area contributed by atoms with Crippen molar-refractivity contribution >= 4 is 21.6 Å². The van der Waals surface area contributed by atoms with Gasteiger partial charge in [0.1, 0.15) is 10.3 Å². The maximum atomic E-state index is 4.31. The molecule has 0 fully saturated rings. The zero-order valence-electron chi connectivity index (χ0n) is 9.26. The van der Waals surface area contributed by atoms with Gasteiger partial charge in [0.05, 0.1) is 6.20 Å². The molecule has 0 aromatic carbocycles. The second kappa shape index (κ2) is 3.96. The molecule has 3 rings (SSSR count). The minimum atomic E-state index is 0.931. The van der Waals surface area contributed by atoms with Crippen LogP contribution in [0.25, 0.3) is 16.8 Å². The van der Waals surface area contributed by atoms with E-state index in [9.17, 15) is 0 Å². The van der Waals surface area contributed by atoms with Crippen LogP contribution < -0.4 is 0 Å². The lowest BCUT2D eigenvalue weighted by molar-refractivity contribution is 1.15. The smallest absolute Gasteiger partial charge is 0.137 e. The normalized spacial score (nSPS) is 10.9. The van der Waals surface area contributed by atoms with Crippen LogP contribution in [0.1, 0.15) is 5.69 Å². The molecule has 3 aromatic rings. The van der Waals surface area contributed by atoms with Crippen molar-refractivity contribution in [3.05, 3.63) is 53.2 Å². The van der Waals surface area contributed by atoms with E-state index in [2.05, 4.69) is 44.2 Å². The molecule has 0 aliphatic carbocycles. The van der Waals surface area contributed by atoms with E-state index < -0.39 is 0 Å². The van der Waals surface area contributed by atoms with Gasteiger partial charge in [0.25, 0.3) is 0 Å². The van der Waals surface area contributed by atoms with Crippen LogP contribution in [0, 0.1) is 6.92 Å². The van der Waals surface area contributed by atoms with E-state index in [0.29, 0.717) is 0 Å². The van der Waals surface area contributed by atoms with E-state index in [0.717, 1.165) is 27.1 Å². The molecule has 0 bridgehead atoms. The van der Waals surface area contributed by atoms with Crippen LogP contribution in [0.4, 0.5) is 0 Å². The summed E-state index contributed by atoms with van der Waals surface area (Å²) < 4.78 is 2.96. The first-order valence-corrected chi connectivity index (χ1v) is 6.09. The van der Waals surface area contributed by atoms with Crippen molar-refractivity contribution in [1.82, 2.24) is 14.4 Å². The van der Waals surface area contributed by atoms with Crippen molar-refractivity contribution in [2.24, 2.45) is 0 Å². The Kier molecular flexibility index (Phi) is 2.44. The maximum absolute atomic E-state index is 4.31. The third-order valence-corrected chi connectivity index (χ3v) is 3.29. The lowest BCUT2D eigenvalue weighted by Crippen LogP contribution is -1.88. The molecule has 0 saturated heterocycles. The summed E-state index contributed by atoms with van der Waals surface area (Å²) in [5, 5.41) is 0. The Morgan fingerprint density at radius 3 is 2.59 bits per heavy atom. The SMILES string of the molecule is Cc1ccc(-c2ccc3ncc(Br)n3c2)cn1. The van der Waals surface area contributed by atoms with Gasteiger partial charge in [-0.05, 0) is 41.1 Å². The van der Waals surface area contributed by atoms with Crippen molar-refractivity contribution in [2.75, 3.05) is 0 Å². The molecule has 0 spiro atoms. The maximum Gasteiger partial charge on any atom is 0.137 e. The summed E-state index contributed by atoms with van der Waals surface area (Å²) in [7, 11) is 0. The van der Waals surface area contributed by atoms with Crippen molar-refractivity contribution in [3.8, 4) is 11.1 Å². The minimum Gasteiger partial charge on any atom is -0.294 e. The molecule has 0 radical (unpaired) electrons. The van der Waals surface area contributed by atoms with Gasteiger partial charge in [-0.3, -0.25) is 9.38 Å². The highest BCUT2D eigenvalue weighted by Crippen LogP contribution is 2.21. The lowest BCUT2D eigenvalue weighted by atomic mass is 10.1.